The number of allylic oxidation sites excluding steroid dienone is 1. The van der Waals surface area contributed by atoms with Crippen LogP contribution in [0.3, 0.4) is 0 Å². The normalized spacial score (nSPS) is 27.3. The predicted octanol–water partition coefficient (Wildman–Crippen LogP) is 4.49. The Kier molecular flexibility index (Phi) is 9.57. The number of carbonyl (C=O) groups is 3. The molecule has 3 heterocycles. The second-order valence-corrected chi connectivity index (χ2v) is 18.2. The van der Waals surface area contributed by atoms with Crippen LogP contribution in [0.15, 0.2) is 42.6 Å². The molecular weight excluding hydrogens is 697 g/mol. The first kappa shape index (κ1) is 36.9. The number of aromatic nitrogens is 3. The van der Waals surface area contributed by atoms with Crippen molar-refractivity contribution in [1.29, 1.82) is 0 Å². The fourth-order valence-electron chi connectivity index (χ4n) is 7.72. The topological polar surface area (TPSA) is 162 Å². The average Bonchev–Trinajstić information content (AvgIpc) is 3.98. The highest BCUT2D eigenvalue weighted by Gasteiger charge is 2.62. The van der Waals surface area contributed by atoms with Gasteiger partial charge in [-0.3, -0.25) is 19.1 Å². The molecule has 0 bridgehead atoms. The lowest BCUT2D eigenvalue weighted by molar-refractivity contribution is -0.140. The van der Waals surface area contributed by atoms with Gasteiger partial charge in [-0.1, -0.05) is 32.9 Å². The summed E-state index contributed by atoms with van der Waals surface area (Å²) in [6.07, 6.45) is 9.41. The van der Waals surface area contributed by atoms with Crippen molar-refractivity contribution in [2.24, 2.45) is 17.8 Å². The number of pyridine rings is 1. The Morgan fingerprint density at radius 3 is 2.53 bits per heavy atom. The highest BCUT2D eigenvalue weighted by atomic mass is 32.2. The monoisotopic (exact) mass is 746 g/mol. The van der Waals surface area contributed by atoms with Crippen molar-refractivity contribution in [3.8, 4) is 17.3 Å². The lowest BCUT2D eigenvalue weighted by Crippen LogP contribution is -2.54. The summed E-state index contributed by atoms with van der Waals surface area (Å²) < 4.78 is 42.0. The van der Waals surface area contributed by atoms with Crippen LogP contribution in [0.4, 0.5) is 0 Å². The zero-order valence-corrected chi connectivity index (χ0v) is 32.2. The Balaban J connectivity index is 1.21. The number of benzene rings is 1. The zero-order chi connectivity index (χ0) is 37.9. The van der Waals surface area contributed by atoms with E-state index in [1.165, 1.54) is 0 Å². The van der Waals surface area contributed by atoms with Gasteiger partial charge in [-0.05, 0) is 76.5 Å². The van der Waals surface area contributed by atoms with Gasteiger partial charge in [-0.25, -0.2) is 18.1 Å². The number of hydrogen-bond acceptors (Lipinski definition) is 9. The van der Waals surface area contributed by atoms with E-state index in [0.717, 1.165) is 35.9 Å². The molecule has 14 heteroatoms. The predicted molar refractivity (Wildman–Crippen MR) is 199 cm³/mol. The largest absolute Gasteiger partial charge is 0.496 e. The van der Waals surface area contributed by atoms with Gasteiger partial charge in [0.2, 0.25) is 21.8 Å². The molecule has 3 aromatic rings. The van der Waals surface area contributed by atoms with Crippen LogP contribution >= 0.6 is 0 Å². The fraction of sp³-hybridized carbons (Fsp3) is 0.564. The van der Waals surface area contributed by atoms with Crippen molar-refractivity contribution in [1.82, 2.24) is 29.7 Å². The minimum absolute atomic E-state index is 0.155. The third-order valence-corrected chi connectivity index (χ3v) is 13.1. The van der Waals surface area contributed by atoms with Gasteiger partial charge in [-0.2, -0.15) is 5.10 Å². The van der Waals surface area contributed by atoms with Crippen LogP contribution in [0.25, 0.3) is 16.7 Å². The Labute approximate surface area is 310 Å². The van der Waals surface area contributed by atoms with E-state index in [-0.39, 0.29) is 36.5 Å². The molecule has 2 aromatic heterocycles. The van der Waals surface area contributed by atoms with Crippen LogP contribution in [-0.4, -0.2) is 83.4 Å². The first-order valence-electron chi connectivity index (χ1n) is 18.6. The molecule has 1 aromatic carbocycles. The first-order chi connectivity index (χ1) is 25.1. The Hall–Kier alpha value is -4.46. The summed E-state index contributed by atoms with van der Waals surface area (Å²) in [4.78, 5) is 48.7. The SMILES string of the molecule is COc1ccc2c(O[C@H]3CC4C(=O)N(C)CCCC/C=C\[C@@H]5C[C@@]5(C(=O)NS(=O)(=O)C5CC5)NC(=O)[C@@H]4C3)cc(-n3ccc(C(C)(C)C)n3)nc2c1C. The lowest BCUT2D eigenvalue weighted by atomic mass is 9.93. The van der Waals surface area contributed by atoms with E-state index >= 15 is 0 Å². The number of sulfonamides is 1. The van der Waals surface area contributed by atoms with Gasteiger partial charge in [0.05, 0.1) is 35.4 Å². The highest BCUT2D eigenvalue weighted by molar-refractivity contribution is 7.91. The van der Waals surface area contributed by atoms with Crippen molar-refractivity contribution in [3.63, 3.8) is 0 Å². The van der Waals surface area contributed by atoms with Crippen LogP contribution in [0, 0.1) is 24.7 Å². The van der Waals surface area contributed by atoms with Gasteiger partial charge < -0.3 is 19.7 Å². The second-order valence-electron chi connectivity index (χ2n) is 16.2. The smallest absolute Gasteiger partial charge is 0.259 e. The molecule has 7 rings (SSSR count). The molecule has 1 aliphatic heterocycles. The Morgan fingerprint density at radius 1 is 1.08 bits per heavy atom. The van der Waals surface area contributed by atoms with Crippen molar-refractivity contribution in [2.75, 3.05) is 20.7 Å². The number of methoxy groups -OCH3 is 1. The number of hydrogen-bond donors (Lipinski definition) is 2. The average molecular weight is 747 g/mol. The van der Waals surface area contributed by atoms with Crippen molar-refractivity contribution < 1.29 is 32.3 Å². The van der Waals surface area contributed by atoms with Gasteiger partial charge in [0, 0.05) is 48.1 Å². The van der Waals surface area contributed by atoms with Crippen LogP contribution in [0.5, 0.6) is 11.5 Å². The molecule has 3 amide bonds. The highest BCUT2D eigenvalue weighted by Crippen LogP contribution is 2.47. The Bertz CT molecular complexity index is 2080. The van der Waals surface area contributed by atoms with Crippen LogP contribution in [0.1, 0.15) is 83.4 Å². The van der Waals surface area contributed by atoms with E-state index in [9.17, 15) is 22.8 Å². The number of carbonyl (C=O) groups excluding carboxylic acids is 3. The number of ether oxygens (including phenoxy) is 2. The molecule has 13 nitrogen and oxygen atoms in total. The molecule has 4 aliphatic rings. The molecule has 3 aliphatic carbocycles. The molecule has 53 heavy (non-hydrogen) atoms. The third-order valence-electron chi connectivity index (χ3n) is 11.2. The number of nitrogens with zero attached hydrogens (tertiary/aromatic N) is 4. The van der Waals surface area contributed by atoms with Crippen LogP contribution in [0.2, 0.25) is 0 Å². The van der Waals surface area contributed by atoms with Crippen molar-refractivity contribution in [2.45, 2.75) is 101 Å². The maximum Gasteiger partial charge on any atom is 0.259 e. The van der Waals surface area contributed by atoms with Crippen molar-refractivity contribution >= 4 is 38.6 Å². The van der Waals surface area contributed by atoms with Gasteiger partial charge in [-0.15, -0.1) is 0 Å². The first-order valence-corrected chi connectivity index (χ1v) is 20.2. The minimum atomic E-state index is -3.83. The number of nitrogens with one attached hydrogen (secondary N) is 2. The minimum Gasteiger partial charge on any atom is -0.496 e. The molecule has 0 radical (unpaired) electrons. The van der Waals surface area contributed by atoms with E-state index in [0.29, 0.717) is 42.2 Å². The summed E-state index contributed by atoms with van der Waals surface area (Å²) in [5.41, 5.74) is 0.835. The summed E-state index contributed by atoms with van der Waals surface area (Å²) in [7, 11) is -0.460. The number of amides is 3. The number of rotatable bonds is 7. The van der Waals surface area contributed by atoms with Gasteiger partial charge in [0.15, 0.2) is 5.82 Å². The zero-order valence-electron chi connectivity index (χ0n) is 31.3. The molecule has 3 saturated carbocycles. The molecule has 1 unspecified atom stereocenters. The van der Waals surface area contributed by atoms with E-state index in [1.54, 1.807) is 23.7 Å². The standard InChI is InChI=1S/C39H50N6O7S/c1-23-30(51-6)15-14-27-31(21-33(40-34(23)27)45-18-16-32(42-45)38(2,3)4)52-25-19-28-29(20-25)36(47)44(5)17-10-8-7-9-11-24-22-39(24,41-35(28)46)37(48)43-53(49,50)26-12-13-26/h9,11,14-16,18,21,24-26,28-29H,7-8,10,12-13,17,19-20,22H2,1-6H3,(H,41,46)(H,43,48)/b11-9-/t24-,25-,28-,29?,39-/m1/s1. The van der Waals surface area contributed by atoms with E-state index in [2.05, 4.69) is 30.8 Å². The van der Waals surface area contributed by atoms with Gasteiger partial charge in [0.1, 0.15) is 23.1 Å². The van der Waals surface area contributed by atoms with Gasteiger partial charge >= 0.3 is 0 Å². The molecule has 284 valence electrons. The number of aryl methyl sites for hydroxylation is 1. The Morgan fingerprint density at radius 2 is 1.83 bits per heavy atom. The second kappa shape index (κ2) is 13.7. The quantitative estimate of drug-likeness (QED) is 0.332. The summed E-state index contributed by atoms with van der Waals surface area (Å²) in [5.74, 6) is -1.43. The maximum absolute atomic E-state index is 14.3. The van der Waals surface area contributed by atoms with Crippen LogP contribution < -0.4 is 19.5 Å². The van der Waals surface area contributed by atoms with Gasteiger partial charge in [0.25, 0.3) is 5.91 Å². The maximum atomic E-state index is 14.3. The molecule has 0 saturated heterocycles. The lowest BCUT2D eigenvalue weighted by Gasteiger charge is -2.26. The third kappa shape index (κ3) is 7.26. The summed E-state index contributed by atoms with van der Waals surface area (Å²) >= 11 is 0. The van der Waals surface area contributed by atoms with E-state index < -0.39 is 50.6 Å². The molecular formula is C39H50N6O7S. The number of fused-ring (bicyclic) bond motifs is 3. The molecule has 0 spiro atoms. The van der Waals surface area contributed by atoms with Crippen LogP contribution in [-0.2, 0) is 29.8 Å². The molecule has 5 atom stereocenters. The summed E-state index contributed by atoms with van der Waals surface area (Å²) in [6.45, 7) is 8.77. The summed E-state index contributed by atoms with van der Waals surface area (Å²) in [5, 5.41) is 7.94. The molecule has 2 N–H and O–H groups in total. The fourth-order valence-corrected chi connectivity index (χ4v) is 9.09. The van der Waals surface area contributed by atoms with E-state index in [4.69, 9.17) is 19.6 Å². The summed E-state index contributed by atoms with van der Waals surface area (Å²) in [6, 6.07) is 7.56. The molecule has 3 fully saturated rings. The van der Waals surface area contributed by atoms with E-state index in [1.807, 2.05) is 49.5 Å². The van der Waals surface area contributed by atoms with Crippen molar-refractivity contribution in [3.05, 3.63) is 53.9 Å².